The molecule has 0 amide bonds. The normalized spacial score (nSPS) is 8.44. The number of aryl methyl sites for hydroxylation is 1. The molecule has 0 atom stereocenters. The van der Waals surface area contributed by atoms with E-state index in [0.717, 1.165) is 12.6 Å². The quantitative estimate of drug-likeness (QED) is 0.816. The summed E-state index contributed by atoms with van der Waals surface area (Å²) in [5, 5.41) is 0. The van der Waals surface area contributed by atoms with E-state index in [9.17, 15) is 8.78 Å². The molecule has 0 fully saturated rings. The van der Waals surface area contributed by atoms with Crippen molar-refractivity contribution in [1.29, 1.82) is 0 Å². The van der Waals surface area contributed by atoms with Crippen LogP contribution in [0, 0.1) is 18.6 Å². The molecule has 0 bridgehead atoms. The third kappa shape index (κ3) is 11.1. The van der Waals surface area contributed by atoms with Gasteiger partial charge in [0, 0.05) is 6.07 Å². The van der Waals surface area contributed by atoms with Gasteiger partial charge in [-0.05, 0) is 37.6 Å². The summed E-state index contributed by atoms with van der Waals surface area (Å²) in [6, 6.07) is 3.42. The van der Waals surface area contributed by atoms with E-state index in [1.807, 2.05) is 13.8 Å². The molecule has 16 heavy (non-hydrogen) atoms. The highest BCUT2D eigenvalue weighted by Crippen LogP contribution is 2.05. The molecule has 0 aliphatic rings. The Balaban J connectivity index is 0. The first-order valence-corrected chi connectivity index (χ1v) is 5.73. The van der Waals surface area contributed by atoms with Crippen molar-refractivity contribution >= 4 is 0 Å². The molecule has 1 rings (SSSR count). The summed E-state index contributed by atoms with van der Waals surface area (Å²) in [5.74, 6) is -1.04. The van der Waals surface area contributed by atoms with Crippen molar-refractivity contribution in [3.8, 4) is 0 Å². The molecule has 1 nitrogen and oxygen atoms in total. The van der Waals surface area contributed by atoms with Gasteiger partial charge in [-0.25, -0.2) is 8.78 Å². The number of hydrogen-bond donors (Lipinski definition) is 1. The third-order valence-corrected chi connectivity index (χ3v) is 1.56. The average molecular weight is 231 g/mol. The van der Waals surface area contributed by atoms with Crippen LogP contribution in [0.5, 0.6) is 0 Å². The summed E-state index contributed by atoms with van der Waals surface area (Å²) in [7, 11) is 0. The Hall–Kier alpha value is -0.960. The maximum Gasteiger partial charge on any atom is 0.126 e. The van der Waals surface area contributed by atoms with Crippen LogP contribution >= 0.6 is 0 Å². The smallest absolute Gasteiger partial charge is 0.126 e. The number of unbranched alkanes of at least 4 members (excludes halogenated alkanes) is 1. The summed E-state index contributed by atoms with van der Waals surface area (Å²) >= 11 is 0. The lowest BCUT2D eigenvalue weighted by Gasteiger charge is -1.91. The molecule has 0 heterocycles. The molecule has 94 valence electrons. The molecule has 1 aromatic carbocycles. The van der Waals surface area contributed by atoms with E-state index in [1.54, 1.807) is 6.92 Å². The molecule has 0 spiro atoms. The fourth-order valence-electron chi connectivity index (χ4n) is 0.896. The number of nitrogens with two attached hydrogens (primary N) is 1. The Labute approximate surface area is 97.7 Å². The van der Waals surface area contributed by atoms with Crippen molar-refractivity contribution < 1.29 is 8.78 Å². The summed E-state index contributed by atoms with van der Waals surface area (Å²) in [5.41, 5.74) is 5.74. The highest BCUT2D eigenvalue weighted by atomic mass is 19.1. The first-order chi connectivity index (χ1) is 7.60. The second-order valence-electron chi connectivity index (χ2n) is 3.09. The molecule has 0 saturated heterocycles. The zero-order chi connectivity index (χ0) is 13.0. The van der Waals surface area contributed by atoms with Crippen LogP contribution in [0.4, 0.5) is 8.78 Å². The topological polar surface area (TPSA) is 26.0 Å². The summed E-state index contributed by atoms with van der Waals surface area (Å²) in [4.78, 5) is 0. The first kappa shape index (κ1) is 17.4. The Kier molecular flexibility index (Phi) is 13.2. The lowest BCUT2D eigenvalue weighted by Crippen LogP contribution is -1.95. The standard InChI is InChI=1S/C7H6F2.C4H11N.C2H6/c1-5-2-6(8)4-7(9)3-5;1-2-3-4-5;1-2/h2-4H,1H3;2-5H2,1H3;1-2H3. The maximum absolute atomic E-state index is 12.2. The van der Waals surface area contributed by atoms with Crippen LogP contribution in [-0.4, -0.2) is 6.54 Å². The fraction of sp³-hybridized carbons (Fsp3) is 0.538. The molecule has 1 aromatic rings. The summed E-state index contributed by atoms with van der Waals surface area (Å²) in [6.45, 7) is 8.62. The molecule has 0 aliphatic heterocycles. The van der Waals surface area contributed by atoms with Gasteiger partial charge in [-0.1, -0.05) is 27.2 Å². The van der Waals surface area contributed by atoms with E-state index in [4.69, 9.17) is 5.73 Å². The molecule has 0 saturated carbocycles. The van der Waals surface area contributed by atoms with Gasteiger partial charge >= 0.3 is 0 Å². The fourth-order valence-corrected chi connectivity index (χ4v) is 0.896. The van der Waals surface area contributed by atoms with Gasteiger partial charge in [0.2, 0.25) is 0 Å². The van der Waals surface area contributed by atoms with E-state index < -0.39 is 11.6 Å². The highest BCUT2D eigenvalue weighted by molar-refractivity contribution is 5.15. The predicted octanol–water partition coefficient (Wildman–Crippen LogP) is 4.04. The lowest BCUT2D eigenvalue weighted by atomic mass is 10.2. The van der Waals surface area contributed by atoms with Crippen LogP contribution in [0.25, 0.3) is 0 Å². The molecule has 0 aliphatic carbocycles. The molecule has 0 radical (unpaired) electrons. The predicted molar refractivity (Wildman–Crippen MR) is 66.4 cm³/mol. The van der Waals surface area contributed by atoms with E-state index in [-0.39, 0.29) is 0 Å². The molecule has 3 heteroatoms. The van der Waals surface area contributed by atoms with Crippen molar-refractivity contribution in [2.75, 3.05) is 6.54 Å². The van der Waals surface area contributed by atoms with Crippen molar-refractivity contribution in [3.05, 3.63) is 35.4 Å². The number of benzene rings is 1. The summed E-state index contributed by atoms with van der Waals surface area (Å²) < 4.78 is 24.4. The van der Waals surface area contributed by atoms with Crippen molar-refractivity contribution in [1.82, 2.24) is 0 Å². The zero-order valence-electron chi connectivity index (χ0n) is 10.7. The molecule has 0 unspecified atom stereocenters. The van der Waals surface area contributed by atoms with E-state index in [1.165, 1.54) is 25.0 Å². The number of hydrogen-bond acceptors (Lipinski definition) is 1. The van der Waals surface area contributed by atoms with Gasteiger partial charge in [0.1, 0.15) is 11.6 Å². The Morgan fingerprint density at radius 1 is 1.06 bits per heavy atom. The molecular weight excluding hydrogens is 208 g/mol. The van der Waals surface area contributed by atoms with Gasteiger partial charge in [0.05, 0.1) is 0 Å². The van der Waals surface area contributed by atoms with Crippen LogP contribution in [0.1, 0.15) is 39.2 Å². The van der Waals surface area contributed by atoms with Crippen LogP contribution < -0.4 is 5.73 Å². The van der Waals surface area contributed by atoms with Gasteiger partial charge in [-0.15, -0.1) is 0 Å². The van der Waals surface area contributed by atoms with Gasteiger partial charge < -0.3 is 5.73 Å². The number of rotatable bonds is 2. The monoisotopic (exact) mass is 231 g/mol. The minimum atomic E-state index is -0.521. The van der Waals surface area contributed by atoms with Gasteiger partial charge in [-0.3, -0.25) is 0 Å². The van der Waals surface area contributed by atoms with E-state index in [2.05, 4.69) is 6.92 Å². The largest absolute Gasteiger partial charge is 0.330 e. The second kappa shape index (κ2) is 12.1. The Morgan fingerprint density at radius 3 is 1.69 bits per heavy atom. The second-order valence-corrected chi connectivity index (χ2v) is 3.09. The Bertz CT molecular complexity index is 210. The first-order valence-electron chi connectivity index (χ1n) is 5.73. The zero-order valence-corrected chi connectivity index (χ0v) is 10.7. The SMILES string of the molecule is CC.CCCCN.Cc1cc(F)cc(F)c1. The highest BCUT2D eigenvalue weighted by Gasteiger charge is 1.93. The molecule has 2 N–H and O–H groups in total. The van der Waals surface area contributed by atoms with Gasteiger partial charge in [-0.2, -0.15) is 0 Å². The van der Waals surface area contributed by atoms with Gasteiger partial charge in [0.25, 0.3) is 0 Å². The van der Waals surface area contributed by atoms with E-state index >= 15 is 0 Å². The molecular formula is C13H23F2N. The van der Waals surface area contributed by atoms with Crippen LogP contribution in [0.2, 0.25) is 0 Å². The Morgan fingerprint density at radius 2 is 1.50 bits per heavy atom. The van der Waals surface area contributed by atoms with E-state index in [0.29, 0.717) is 5.56 Å². The maximum atomic E-state index is 12.2. The van der Waals surface area contributed by atoms with Crippen LogP contribution in [-0.2, 0) is 0 Å². The lowest BCUT2D eigenvalue weighted by molar-refractivity contribution is 0.581. The minimum absolute atomic E-state index is 0.521. The van der Waals surface area contributed by atoms with Crippen molar-refractivity contribution in [2.45, 2.75) is 40.5 Å². The third-order valence-electron chi connectivity index (χ3n) is 1.56. The summed E-state index contributed by atoms with van der Waals surface area (Å²) in [6.07, 6.45) is 2.39. The number of halogens is 2. The minimum Gasteiger partial charge on any atom is -0.330 e. The van der Waals surface area contributed by atoms with Gasteiger partial charge in [0.15, 0.2) is 0 Å². The average Bonchev–Trinajstić information content (AvgIpc) is 2.20. The van der Waals surface area contributed by atoms with Crippen LogP contribution in [0.15, 0.2) is 18.2 Å². The van der Waals surface area contributed by atoms with Crippen LogP contribution in [0.3, 0.4) is 0 Å². The van der Waals surface area contributed by atoms with Crippen molar-refractivity contribution in [3.63, 3.8) is 0 Å². The van der Waals surface area contributed by atoms with Crippen molar-refractivity contribution in [2.24, 2.45) is 5.73 Å². The molecule has 0 aromatic heterocycles.